The summed E-state index contributed by atoms with van der Waals surface area (Å²) in [6.45, 7) is 2.58. The van der Waals surface area contributed by atoms with Crippen molar-refractivity contribution in [3.05, 3.63) is 102 Å². The molecule has 28 heavy (non-hydrogen) atoms. The smallest absolute Gasteiger partial charge is 0.244 e. The van der Waals surface area contributed by atoms with E-state index in [1.165, 1.54) is 18.2 Å². The first-order valence-corrected chi connectivity index (χ1v) is 9.07. The standard InChI is InChI=1S/C23H22FN3O/c1-17(27-23(28)12-11-19-7-2-3-10-22(19)24)20-8-4-9-21(14-20)26-16-18-6-5-13-25-15-18/h2-15,17,26H,16H2,1H3,(H,27,28). The summed E-state index contributed by atoms with van der Waals surface area (Å²) in [6.07, 6.45) is 6.39. The predicted octanol–water partition coefficient (Wildman–Crippen LogP) is 4.72. The van der Waals surface area contributed by atoms with Crippen LogP contribution in [0.15, 0.2) is 79.1 Å². The Balaban J connectivity index is 1.58. The van der Waals surface area contributed by atoms with Crippen molar-refractivity contribution < 1.29 is 9.18 Å². The highest BCUT2D eigenvalue weighted by Gasteiger charge is 2.08. The highest BCUT2D eigenvalue weighted by Crippen LogP contribution is 2.18. The number of carbonyl (C=O) groups is 1. The second-order valence-corrected chi connectivity index (χ2v) is 6.43. The molecule has 5 heteroatoms. The van der Waals surface area contributed by atoms with Gasteiger partial charge in [0.05, 0.1) is 6.04 Å². The lowest BCUT2D eigenvalue weighted by Gasteiger charge is -2.15. The Labute approximate surface area is 164 Å². The number of aromatic nitrogens is 1. The van der Waals surface area contributed by atoms with E-state index in [0.717, 1.165) is 16.8 Å². The van der Waals surface area contributed by atoms with Gasteiger partial charge in [0.15, 0.2) is 0 Å². The molecule has 1 amide bonds. The Morgan fingerprint density at radius 2 is 2.00 bits per heavy atom. The molecule has 1 unspecified atom stereocenters. The summed E-state index contributed by atoms with van der Waals surface area (Å²) in [5.74, 6) is -0.628. The lowest BCUT2D eigenvalue weighted by Crippen LogP contribution is -2.24. The first-order chi connectivity index (χ1) is 13.6. The van der Waals surface area contributed by atoms with Crippen molar-refractivity contribution in [1.82, 2.24) is 10.3 Å². The van der Waals surface area contributed by atoms with E-state index in [4.69, 9.17) is 0 Å². The van der Waals surface area contributed by atoms with Crippen LogP contribution in [-0.4, -0.2) is 10.9 Å². The van der Waals surface area contributed by atoms with E-state index in [-0.39, 0.29) is 17.8 Å². The zero-order chi connectivity index (χ0) is 19.8. The molecule has 0 aliphatic rings. The van der Waals surface area contributed by atoms with Crippen LogP contribution in [0.5, 0.6) is 0 Å². The first kappa shape index (κ1) is 19.3. The molecule has 0 fully saturated rings. The molecule has 1 aromatic heterocycles. The number of hydrogen-bond acceptors (Lipinski definition) is 3. The number of pyridine rings is 1. The van der Waals surface area contributed by atoms with Crippen LogP contribution in [0.25, 0.3) is 6.08 Å². The normalized spacial score (nSPS) is 11.9. The highest BCUT2D eigenvalue weighted by molar-refractivity contribution is 5.92. The summed E-state index contributed by atoms with van der Waals surface area (Å²) in [6, 6.07) is 17.9. The average molecular weight is 375 g/mol. The summed E-state index contributed by atoms with van der Waals surface area (Å²) in [7, 11) is 0. The monoisotopic (exact) mass is 375 g/mol. The van der Waals surface area contributed by atoms with Crippen molar-refractivity contribution in [2.45, 2.75) is 19.5 Å². The van der Waals surface area contributed by atoms with Gasteiger partial charge in [-0.1, -0.05) is 36.4 Å². The summed E-state index contributed by atoms with van der Waals surface area (Å²) < 4.78 is 13.6. The topological polar surface area (TPSA) is 54.0 Å². The van der Waals surface area contributed by atoms with Crippen molar-refractivity contribution >= 4 is 17.7 Å². The lowest BCUT2D eigenvalue weighted by molar-refractivity contribution is -0.117. The molecule has 0 aliphatic heterocycles. The van der Waals surface area contributed by atoms with Gasteiger partial charge in [0.25, 0.3) is 0 Å². The van der Waals surface area contributed by atoms with Crippen molar-refractivity contribution in [2.75, 3.05) is 5.32 Å². The van der Waals surface area contributed by atoms with Crippen molar-refractivity contribution in [1.29, 1.82) is 0 Å². The van der Waals surface area contributed by atoms with Crippen LogP contribution in [0.2, 0.25) is 0 Å². The number of carbonyl (C=O) groups excluding carboxylic acids is 1. The third-order valence-corrected chi connectivity index (χ3v) is 4.28. The van der Waals surface area contributed by atoms with E-state index in [9.17, 15) is 9.18 Å². The number of benzene rings is 2. The zero-order valence-corrected chi connectivity index (χ0v) is 15.6. The highest BCUT2D eigenvalue weighted by atomic mass is 19.1. The van der Waals surface area contributed by atoms with Crippen LogP contribution >= 0.6 is 0 Å². The van der Waals surface area contributed by atoms with Gasteiger partial charge in [0, 0.05) is 36.3 Å². The Morgan fingerprint density at radius 1 is 1.14 bits per heavy atom. The summed E-state index contributed by atoms with van der Waals surface area (Å²) in [5, 5.41) is 6.25. The minimum Gasteiger partial charge on any atom is -0.381 e. The fraction of sp³-hybridized carbons (Fsp3) is 0.130. The maximum Gasteiger partial charge on any atom is 0.244 e. The van der Waals surface area contributed by atoms with Gasteiger partial charge in [-0.3, -0.25) is 9.78 Å². The lowest BCUT2D eigenvalue weighted by atomic mass is 10.1. The van der Waals surface area contributed by atoms with Gasteiger partial charge >= 0.3 is 0 Å². The van der Waals surface area contributed by atoms with Gasteiger partial charge in [-0.15, -0.1) is 0 Å². The number of nitrogens with zero attached hydrogens (tertiary/aromatic N) is 1. The van der Waals surface area contributed by atoms with Gasteiger partial charge < -0.3 is 10.6 Å². The number of rotatable bonds is 7. The van der Waals surface area contributed by atoms with E-state index in [2.05, 4.69) is 15.6 Å². The third kappa shape index (κ3) is 5.51. The molecule has 0 spiro atoms. The Bertz CT molecular complexity index is 957. The van der Waals surface area contributed by atoms with E-state index < -0.39 is 0 Å². The molecule has 2 N–H and O–H groups in total. The van der Waals surface area contributed by atoms with Crippen LogP contribution in [0, 0.1) is 5.82 Å². The molecule has 0 bridgehead atoms. The van der Waals surface area contributed by atoms with Crippen LogP contribution in [0.1, 0.15) is 29.7 Å². The van der Waals surface area contributed by atoms with Crippen molar-refractivity contribution in [2.24, 2.45) is 0 Å². The maximum absolute atomic E-state index is 13.6. The molecule has 3 aromatic rings. The molecule has 1 heterocycles. The van der Waals surface area contributed by atoms with Gasteiger partial charge in [-0.25, -0.2) is 4.39 Å². The van der Waals surface area contributed by atoms with Gasteiger partial charge in [0.1, 0.15) is 5.82 Å². The van der Waals surface area contributed by atoms with Crippen molar-refractivity contribution in [3.8, 4) is 0 Å². The van der Waals surface area contributed by atoms with E-state index in [1.807, 2.05) is 49.5 Å². The second-order valence-electron chi connectivity index (χ2n) is 6.43. The third-order valence-electron chi connectivity index (χ3n) is 4.28. The van der Waals surface area contributed by atoms with Gasteiger partial charge in [-0.2, -0.15) is 0 Å². The summed E-state index contributed by atoms with van der Waals surface area (Å²) in [4.78, 5) is 16.3. The average Bonchev–Trinajstić information content (AvgIpc) is 2.72. The summed E-state index contributed by atoms with van der Waals surface area (Å²) >= 11 is 0. The Kier molecular flexibility index (Phi) is 6.52. The molecule has 0 saturated carbocycles. The van der Waals surface area contributed by atoms with E-state index in [0.29, 0.717) is 12.1 Å². The number of anilines is 1. The molecule has 0 saturated heterocycles. The number of nitrogens with one attached hydrogen (secondary N) is 2. The first-order valence-electron chi connectivity index (χ1n) is 9.07. The van der Waals surface area contributed by atoms with Crippen LogP contribution < -0.4 is 10.6 Å². The predicted molar refractivity (Wildman–Crippen MR) is 110 cm³/mol. The molecule has 4 nitrogen and oxygen atoms in total. The van der Waals surface area contributed by atoms with Crippen LogP contribution in [-0.2, 0) is 11.3 Å². The van der Waals surface area contributed by atoms with Crippen molar-refractivity contribution in [3.63, 3.8) is 0 Å². The van der Waals surface area contributed by atoms with Gasteiger partial charge in [-0.05, 0) is 48.4 Å². The summed E-state index contributed by atoms with van der Waals surface area (Å²) in [5.41, 5.74) is 3.41. The molecule has 142 valence electrons. The molecule has 2 aromatic carbocycles. The molecular weight excluding hydrogens is 353 g/mol. The van der Waals surface area contributed by atoms with Crippen LogP contribution in [0.4, 0.5) is 10.1 Å². The molecule has 3 rings (SSSR count). The van der Waals surface area contributed by atoms with Gasteiger partial charge in [0.2, 0.25) is 5.91 Å². The Morgan fingerprint density at radius 3 is 2.79 bits per heavy atom. The Hall–Kier alpha value is -3.47. The minimum atomic E-state index is -0.355. The SMILES string of the molecule is CC(NC(=O)C=Cc1ccccc1F)c1cccc(NCc2cccnc2)c1. The number of amides is 1. The van der Waals surface area contributed by atoms with E-state index >= 15 is 0 Å². The molecule has 0 radical (unpaired) electrons. The fourth-order valence-corrected chi connectivity index (χ4v) is 2.75. The fourth-order valence-electron chi connectivity index (χ4n) is 2.75. The molecular formula is C23H22FN3O. The quantitative estimate of drug-likeness (QED) is 0.588. The maximum atomic E-state index is 13.6. The zero-order valence-electron chi connectivity index (χ0n) is 15.6. The largest absolute Gasteiger partial charge is 0.381 e. The molecule has 0 aliphatic carbocycles. The van der Waals surface area contributed by atoms with E-state index in [1.54, 1.807) is 24.4 Å². The number of hydrogen-bond donors (Lipinski definition) is 2. The number of halogens is 1. The van der Waals surface area contributed by atoms with Crippen LogP contribution in [0.3, 0.4) is 0 Å². The second kappa shape index (κ2) is 9.46. The minimum absolute atomic E-state index is 0.182. The molecule has 1 atom stereocenters.